The molecule has 2 rings (SSSR count). The largest absolute Gasteiger partial charge is 0.384 e. The maximum absolute atomic E-state index is 12.2. The van der Waals surface area contributed by atoms with Gasteiger partial charge in [0.15, 0.2) is 4.21 Å². The average molecular weight is 322 g/mol. The molecule has 0 atom stereocenters. The van der Waals surface area contributed by atoms with Crippen molar-refractivity contribution in [3.8, 4) is 11.8 Å². The number of rotatable bonds is 3. The van der Waals surface area contributed by atoms with Crippen LogP contribution < -0.4 is 4.72 Å². The number of sulfonamides is 1. The van der Waals surface area contributed by atoms with Gasteiger partial charge in [0.05, 0.1) is 11.2 Å². The molecule has 0 unspecified atom stereocenters. The summed E-state index contributed by atoms with van der Waals surface area (Å²) in [6.07, 6.45) is 1.34. The summed E-state index contributed by atoms with van der Waals surface area (Å²) in [5.41, 5.74) is 2.05. The number of anilines is 1. The summed E-state index contributed by atoms with van der Waals surface area (Å²) in [6, 6.07) is 5.06. The molecular weight excluding hydrogens is 308 g/mol. The molecule has 21 heavy (non-hydrogen) atoms. The first-order valence-corrected chi connectivity index (χ1v) is 8.38. The van der Waals surface area contributed by atoms with Crippen molar-refractivity contribution < 1.29 is 13.5 Å². The minimum absolute atomic E-state index is 0.182. The van der Waals surface area contributed by atoms with Gasteiger partial charge in [-0.15, -0.1) is 11.3 Å². The third-order valence-electron chi connectivity index (χ3n) is 2.65. The summed E-state index contributed by atoms with van der Waals surface area (Å²) >= 11 is 1.12. The Balaban J connectivity index is 2.26. The SMILES string of the molecule is Cc1ncc(S(=O)(=O)Nc2ccc(C#CCO)c(C)c2)s1. The number of nitrogens with one attached hydrogen (secondary N) is 1. The number of benzene rings is 1. The van der Waals surface area contributed by atoms with E-state index in [-0.39, 0.29) is 10.8 Å². The Morgan fingerprint density at radius 3 is 2.71 bits per heavy atom. The second-order valence-electron chi connectivity index (χ2n) is 4.29. The maximum Gasteiger partial charge on any atom is 0.273 e. The molecule has 0 saturated carbocycles. The molecule has 2 N–H and O–H groups in total. The van der Waals surface area contributed by atoms with Crippen LogP contribution in [0.1, 0.15) is 16.1 Å². The number of aliphatic hydroxyl groups is 1. The molecule has 2 aromatic rings. The number of nitrogens with zero attached hydrogens (tertiary/aromatic N) is 1. The molecule has 0 amide bonds. The molecule has 5 nitrogen and oxygen atoms in total. The predicted octanol–water partition coefficient (Wildman–Crippen LogP) is 1.90. The minimum Gasteiger partial charge on any atom is -0.384 e. The van der Waals surface area contributed by atoms with E-state index in [2.05, 4.69) is 21.5 Å². The predicted molar refractivity (Wildman–Crippen MR) is 82.8 cm³/mol. The Morgan fingerprint density at radius 1 is 1.38 bits per heavy atom. The smallest absolute Gasteiger partial charge is 0.273 e. The van der Waals surface area contributed by atoms with Crippen molar-refractivity contribution in [3.05, 3.63) is 40.5 Å². The Labute approximate surface area is 127 Å². The van der Waals surface area contributed by atoms with Gasteiger partial charge in [-0.1, -0.05) is 11.8 Å². The second kappa shape index (κ2) is 6.26. The molecular formula is C14H14N2O3S2. The lowest BCUT2D eigenvalue weighted by atomic mass is 10.1. The normalized spacial score (nSPS) is 10.8. The molecule has 0 spiro atoms. The van der Waals surface area contributed by atoms with E-state index in [9.17, 15) is 8.42 Å². The highest BCUT2D eigenvalue weighted by atomic mass is 32.2. The molecule has 1 aromatic heterocycles. The van der Waals surface area contributed by atoms with Crippen LogP contribution in [0, 0.1) is 25.7 Å². The van der Waals surface area contributed by atoms with Crippen molar-refractivity contribution in [2.75, 3.05) is 11.3 Å². The Morgan fingerprint density at radius 2 is 2.14 bits per heavy atom. The van der Waals surface area contributed by atoms with Crippen molar-refractivity contribution in [1.29, 1.82) is 0 Å². The van der Waals surface area contributed by atoms with E-state index in [0.29, 0.717) is 10.7 Å². The van der Waals surface area contributed by atoms with E-state index >= 15 is 0 Å². The average Bonchev–Trinajstić information content (AvgIpc) is 2.85. The molecule has 1 aromatic carbocycles. The van der Waals surface area contributed by atoms with Gasteiger partial charge in [0, 0.05) is 11.3 Å². The Kier molecular flexibility index (Phi) is 4.63. The maximum atomic E-state index is 12.2. The van der Waals surface area contributed by atoms with Gasteiger partial charge in [-0.3, -0.25) is 4.72 Å². The van der Waals surface area contributed by atoms with Crippen LogP contribution in [0.5, 0.6) is 0 Å². The number of hydrogen-bond donors (Lipinski definition) is 2. The fourth-order valence-electron chi connectivity index (χ4n) is 1.67. The van der Waals surface area contributed by atoms with Crippen LogP contribution >= 0.6 is 11.3 Å². The molecule has 110 valence electrons. The van der Waals surface area contributed by atoms with Gasteiger partial charge >= 0.3 is 0 Å². The first-order chi connectivity index (χ1) is 9.92. The van der Waals surface area contributed by atoms with Gasteiger partial charge in [0.25, 0.3) is 10.0 Å². The third-order valence-corrected chi connectivity index (χ3v) is 5.40. The number of aliphatic hydroxyl groups excluding tert-OH is 1. The summed E-state index contributed by atoms with van der Waals surface area (Å²) in [5.74, 6) is 5.36. The van der Waals surface area contributed by atoms with Crippen LogP contribution in [0.25, 0.3) is 0 Å². The summed E-state index contributed by atoms with van der Waals surface area (Å²) in [4.78, 5) is 3.95. The third kappa shape index (κ3) is 3.82. The van der Waals surface area contributed by atoms with E-state index in [1.165, 1.54) is 6.20 Å². The van der Waals surface area contributed by atoms with Crippen molar-refractivity contribution in [2.45, 2.75) is 18.1 Å². The molecule has 0 fully saturated rings. The monoisotopic (exact) mass is 322 g/mol. The summed E-state index contributed by atoms with van der Waals surface area (Å²) in [7, 11) is -3.61. The number of thiazole rings is 1. The fourth-order valence-corrected chi connectivity index (χ4v) is 3.83. The zero-order chi connectivity index (χ0) is 15.5. The molecule has 0 aliphatic heterocycles. The molecule has 0 radical (unpaired) electrons. The highest BCUT2D eigenvalue weighted by molar-refractivity contribution is 7.94. The summed E-state index contributed by atoms with van der Waals surface area (Å²) in [6.45, 7) is 3.37. The van der Waals surface area contributed by atoms with Gasteiger partial charge in [-0.05, 0) is 37.6 Å². The highest BCUT2D eigenvalue weighted by Gasteiger charge is 2.17. The first kappa shape index (κ1) is 15.5. The van der Waals surface area contributed by atoms with E-state index < -0.39 is 10.0 Å². The number of aromatic nitrogens is 1. The van der Waals surface area contributed by atoms with Gasteiger partial charge < -0.3 is 5.11 Å². The van der Waals surface area contributed by atoms with Gasteiger partial charge in [0.2, 0.25) is 0 Å². The minimum atomic E-state index is -3.61. The molecule has 1 heterocycles. The molecule has 0 bridgehead atoms. The second-order valence-corrected chi connectivity index (χ2v) is 7.44. The molecule has 7 heteroatoms. The number of aryl methyl sites for hydroxylation is 2. The van der Waals surface area contributed by atoms with Gasteiger partial charge in [-0.2, -0.15) is 0 Å². The first-order valence-electron chi connectivity index (χ1n) is 6.08. The van der Waals surface area contributed by atoms with E-state index in [0.717, 1.165) is 22.5 Å². The van der Waals surface area contributed by atoms with Crippen molar-refractivity contribution in [2.24, 2.45) is 0 Å². The zero-order valence-corrected chi connectivity index (χ0v) is 13.2. The molecule has 0 saturated heterocycles. The Bertz CT molecular complexity index is 814. The highest BCUT2D eigenvalue weighted by Crippen LogP contribution is 2.22. The quantitative estimate of drug-likeness (QED) is 0.846. The van der Waals surface area contributed by atoms with Gasteiger partial charge in [0.1, 0.15) is 6.61 Å². The van der Waals surface area contributed by atoms with Crippen molar-refractivity contribution >= 4 is 27.0 Å². The topological polar surface area (TPSA) is 79.3 Å². The van der Waals surface area contributed by atoms with Crippen LogP contribution in [0.15, 0.2) is 28.6 Å². The lowest BCUT2D eigenvalue weighted by Crippen LogP contribution is -2.11. The van der Waals surface area contributed by atoms with Crippen LogP contribution in [-0.2, 0) is 10.0 Å². The number of hydrogen-bond acceptors (Lipinski definition) is 5. The van der Waals surface area contributed by atoms with Crippen molar-refractivity contribution in [1.82, 2.24) is 4.98 Å². The lowest BCUT2D eigenvalue weighted by molar-refractivity contribution is 0.350. The zero-order valence-electron chi connectivity index (χ0n) is 11.5. The van der Waals surface area contributed by atoms with E-state index in [1.54, 1.807) is 25.1 Å². The van der Waals surface area contributed by atoms with E-state index in [1.807, 2.05) is 6.92 Å². The Hall–Kier alpha value is -1.88. The van der Waals surface area contributed by atoms with E-state index in [4.69, 9.17) is 5.11 Å². The van der Waals surface area contributed by atoms with Crippen molar-refractivity contribution in [3.63, 3.8) is 0 Å². The van der Waals surface area contributed by atoms with Crippen LogP contribution in [-0.4, -0.2) is 25.1 Å². The fraction of sp³-hybridized carbons (Fsp3) is 0.214. The lowest BCUT2D eigenvalue weighted by Gasteiger charge is -2.07. The van der Waals surface area contributed by atoms with Crippen LogP contribution in [0.2, 0.25) is 0 Å². The summed E-state index contributed by atoms with van der Waals surface area (Å²) in [5, 5.41) is 9.38. The molecule has 0 aliphatic carbocycles. The summed E-state index contributed by atoms with van der Waals surface area (Å²) < 4.78 is 27.1. The standard InChI is InChI=1S/C14H14N2O3S2/c1-10-8-13(6-5-12(10)4-3-7-17)16-21(18,19)14-9-15-11(2)20-14/h5-6,8-9,16-17H,7H2,1-2H3. The van der Waals surface area contributed by atoms with Gasteiger partial charge in [-0.25, -0.2) is 13.4 Å². The molecule has 0 aliphatic rings. The van der Waals surface area contributed by atoms with Crippen LogP contribution in [0.4, 0.5) is 5.69 Å². The van der Waals surface area contributed by atoms with Crippen LogP contribution in [0.3, 0.4) is 0 Å².